The fourth-order valence-corrected chi connectivity index (χ4v) is 1.54. The molecule has 1 aromatic heterocycles. The Hall–Kier alpha value is 0.0900. The zero-order chi connectivity index (χ0) is 8.48. The molecule has 0 spiro atoms. The first-order chi connectivity index (χ1) is 5.02. The van der Waals surface area contributed by atoms with Gasteiger partial charge in [0.05, 0.1) is 0 Å². The van der Waals surface area contributed by atoms with E-state index in [1.165, 1.54) is 12.3 Å². The molecule has 0 saturated heterocycles. The van der Waals surface area contributed by atoms with Crippen LogP contribution in [-0.2, 0) is 3.93 Å². The molecule has 60 valence electrons. The van der Waals surface area contributed by atoms with Crippen LogP contribution in [0, 0.1) is 0 Å². The number of nitrogens with zero attached hydrogens (tertiary/aromatic N) is 1. The minimum Gasteiger partial charge on any atom is -0.253 e. The van der Waals surface area contributed by atoms with Crippen molar-refractivity contribution >= 4 is 35.2 Å². The Labute approximate surface area is 81.8 Å². The molecule has 1 heterocycles. The van der Waals surface area contributed by atoms with Gasteiger partial charge in [0.15, 0.2) is 0 Å². The largest absolute Gasteiger partial charge is 0.339 e. The third-order valence-electron chi connectivity index (χ3n) is 1.05. The van der Waals surface area contributed by atoms with Gasteiger partial charge in [0, 0.05) is 33.7 Å². The van der Waals surface area contributed by atoms with Crippen molar-refractivity contribution in [2.24, 2.45) is 0 Å². The first-order valence-electron chi connectivity index (χ1n) is 2.73. The molecule has 0 aliphatic heterocycles. The number of halogens is 3. The Morgan fingerprint density at radius 3 is 2.55 bits per heavy atom. The van der Waals surface area contributed by atoms with Crippen LogP contribution in [-0.4, -0.2) is 4.98 Å². The fourth-order valence-electron chi connectivity index (χ4n) is 0.615. The summed E-state index contributed by atoms with van der Waals surface area (Å²) in [6, 6.07) is 3.05. The molecule has 0 bridgehead atoms. The highest BCUT2D eigenvalue weighted by molar-refractivity contribution is 14.1. The van der Waals surface area contributed by atoms with Gasteiger partial charge < -0.3 is 0 Å². The Morgan fingerprint density at radius 1 is 1.55 bits per heavy atom. The molecule has 0 fully saturated rings. The standard InChI is InChI=1S/C6H4F2INS/c7-6(8,9)5-4(11)2-1-3-10-5/h1-3,11H. The van der Waals surface area contributed by atoms with Crippen molar-refractivity contribution in [3.8, 4) is 0 Å². The van der Waals surface area contributed by atoms with Crippen LogP contribution in [0.1, 0.15) is 5.69 Å². The van der Waals surface area contributed by atoms with Crippen LogP contribution in [0.2, 0.25) is 0 Å². The Kier molecular flexibility index (Phi) is 2.69. The van der Waals surface area contributed by atoms with Crippen molar-refractivity contribution in [3.05, 3.63) is 24.0 Å². The van der Waals surface area contributed by atoms with E-state index < -0.39 is 3.93 Å². The van der Waals surface area contributed by atoms with Gasteiger partial charge in [-0.05, 0) is 12.1 Å². The van der Waals surface area contributed by atoms with E-state index in [1.54, 1.807) is 6.07 Å². The summed E-state index contributed by atoms with van der Waals surface area (Å²) in [5, 5.41) is 0. The Balaban J connectivity index is 3.14. The van der Waals surface area contributed by atoms with Gasteiger partial charge in [-0.15, -0.1) is 12.6 Å². The number of pyridine rings is 1. The first-order valence-corrected chi connectivity index (χ1v) is 4.25. The average molecular weight is 287 g/mol. The number of aromatic nitrogens is 1. The average Bonchev–Trinajstić information content (AvgIpc) is 1.86. The predicted molar refractivity (Wildman–Crippen MR) is 49.4 cm³/mol. The number of hydrogen-bond acceptors (Lipinski definition) is 2. The second kappa shape index (κ2) is 3.22. The topological polar surface area (TPSA) is 12.9 Å². The maximum atomic E-state index is 12.6. The lowest BCUT2D eigenvalue weighted by molar-refractivity contribution is 0.119. The molecule has 0 atom stereocenters. The van der Waals surface area contributed by atoms with E-state index in [4.69, 9.17) is 0 Å². The minimum absolute atomic E-state index is 0.215. The molecular weight excluding hydrogens is 283 g/mol. The highest BCUT2D eigenvalue weighted by Crippen LogP contribution is 2.36. The van der Waals surface area contributed by atoms with Crippen LogP contribution in [0.15, 0.2) is 23.2 Å². The molecule has 1 aromatic rings. The molecule has 11 heavy (non-hydrogen) atoms. The van der Waals surface area contributed by atoms with E-state index in [0.717, 1.165) is 22.6 Å². The Bertz CT molecular complexity index is 261. The summed E-state index contributed by atoms with van der Waals surface area (Å²) >= 11 is 4.87. The second-order valence-corrected chi connectivity index (χ2v) is 3.71. The van der Waals surface area contributed by atoms with Gasteiger partial charge in [0.25, 0.3) is 0 Å². The van der Waals surface area contributed by atoms with Gasteiger partial charge in [-0.25, -0.2) is 0 Å². The second-order valence-electron chi connectivity index (χ2n) is 1.87. The SMILES string of the molecule is FC(F)(I)c1ncccc1S. The number of alkyl halides is 3. The molecular formula is C6H4F2INS. The quantitative estimate of drug-likeness (QED) is 0.476. The lowest BCUT2D eigenvalue weighted by Crippen LogP contribution is -2.05. The summed E-state index contributed by atoms with van der Waals surface area (Å²) in [4.78, 5) is 3.73. The van der Waals surface area contributed by atoms with Crippen LogP contribution in [0.4, 0.5) is 8.78 Å². The molecule has 0 aliphatic carbocycles. The third kappa shape index (κ3) is 2.26. The molecule has 0 saturated carbocycles. The van der Waals surface area contributed by atoms with Crippen molar-refractivity contribution in [2.75, 3.05) is 0 Å². The lowest BCUT2D eigenvalue weighted by Gasteiger charge is -2.08. The fraction of sp³-hybridized carbons (Fsp3) is 0.167. The molecule has 0 radical (unpaired) electrons. The third-order valence-corrected chi connectivity index (χ3v) is 1.93. The van der Waals surface area contributed by atoms with Crippen LogP contribution in [0.3, 0.4) is 0 Å². The zero-order valence-electron chi connectivity index (χ0n) is 5.26. The van der Waals surface area contributed by atoms with E-state index in [-0.39, 0.29) is 10.6 Å². The van der Waals surface area contributed by atoms with Crippen molar-refractivity contribution in [3.63, 3.8) is 0 Å². The molecule has 0 aliphatic rings. The van der Waals surface area contributed by atoms with Crippen LogP contribution in [0.5, 0.6) is 0 Å². The number of rotatable bonds is 1. The van der Waals surface area contributed by atoms with E-state index >= 15 is 0 Å². The van der Waals surface area contributed by atoms with Crippen molar-refractivity contribution in [1.29, 1.82) is 0 Å². The van der Waals surface area contributed by atoms with Gasteiger partial charge in [-0.3, -0.25) is 4.98 Å². The van der Waals surface area contributed by atoms with Gasteiger partial charge in [0.2, 0.25) is 0 Å². The molecule has 1 rings (SSSR count). The molecule has 0 aromatic carbocycles. The molecule has 0 N–H and O–H groups in total. The normalized spacial score (nSPS) is 11.6. The zero-order valence-corrected chi connectivity index (χ0v) is 8.31. The molecule has 0 unspecified atom stereocenters. The van der Waals surface area contributed by atoms with E-state index in [9.17, 15) is 8.78 Å². The minimum atomic E-state index is -2.93. The maximum Gasteiger partial charge on any atom is 0.339 e. The van der Waals surface area contributed by atoms with E-state index in [2.05, 4.69) is 17.6 Å². The predicted octanol–water partition coefficient (Wildman–Crippen LogP) is 2.85. The van der Waals surface area contributed by atoms with Crippen LogP contribution in [0.25, 0.3) is 0 Å². The summed E-state index contributed by atoms with van der Waals surface area (Å²) in [6.07, 6.45) is 1.32. The van der Waals surface area contributed by atoms with Crippen molar-refractivity contribution < 1.29 is 8.78 Å². The smallest absolute Gasteiger partial charge is 0.253 e. The van der Waals surface area contributed by atoms with E-state index in [1.807, 2.05) is 0 Å². The summed E-state index contributed by atoms with van der Waals surface area (Å²) in [7, 11) is 0. The number of hydrogen-bond donors (Lipinski definition) is 1. The van der Waals surface area contributed by atoms with E-state index in [0.29, 0.717) is 0 Å². The van der Waals surface area contributed by atoms with Gasteiger partial charge in [0.1, 0.15) is 5.69 Å². The maximum absolute atomic E-state index is 12.6. The van der Waals surface area contributed by atoms with Crippen molar-refractivity contribution in [1.82, 2.24) is 4.98 Å². The van der Waals surface area contributed by atoms with Crippen LogP contribution < -0.4 is 0 Å². The summed E-state index contributed by atoms with van der Waals surface area (Å²) in [5.74, 6) is 0. The highest BCUT2D eigenvalue weighted by Gasteiger charge is 2.30. The first kappa shape index (κ1) is 9.18. The summed E-state index contributed by atoms with van der Waals surface area (Å²) in [6.45, 7) is 0. The monoisotopic (exact) mass is 287 g/mol. The number of thiol groups is 1. The summed E-state index contributed by atoms with van der Waals surface area (Å²) in [5.41, 5.74) is -0.288. The highest BCUT2D eigenvalue weighted by atomic mass is 127. The van der Waals surface area contributed by atoms with Gasteiger partial charge in [-0.2, -0.15) is 8.78 Å². The van der Waals surface area contributed by atoms with Gasteiger partial charge >= 0.3 is 3.93 Å². The summed E-state index contributed by atoms with van der Waals surface area (Å²) < 4.78 is 22.2. The lowest BCUT2D eigenvalue weighted by atomic mass is 10.4. The molecule has 1 nitrogen and oxygen atoms in total. The molecule has 0 amide bonds. The molecule has 5 heteroatoms. The van der Waals surface area contributed by atoms with Crippen molar-refractivity contribution in [2.45, 2.75) is 8.82 Å². The van der Waals surface area contributed by atoms with Gasteiger partial charge in [-0.1, -0.05) is 0 Å². The Morgan fingerprint density at radius 2 is 2.18 bits per heavy atom. The van der Waals surface area contributed by atoms with Crippen LogP contribution >= 0.6 is 35.2 Å².